The van der Waals surface area contributed by atoms with E-state index < -0.39 is 22.5 Å². The molecular weight excluding hydrogens is 602 g/mol. The Morgan fingerprint density at radius 2 is 2.02 bits per heavy atom. The SMILES string of the molecule is CCOC(=O)C1=C(C)N=c2s/c(=C\c3cc(Br)ccc3O)c(=O)n2[C@H]1c1ccc(-c2cc([N+](=O)[O-])ccc2C)o1. The number of hydrogen-bond acceptors (Lipinski definition) is 9. The van der Waals surface area contributed by atoms with Crippen LogP contribution in [0.4, 0.5) is 5.69 Å². The summed E-state index contributed by atoms with van der Waals surface area (Å²) in [6.45, 7) is 5.25. The number of nitro benzene ring substituents is 1. The molecule has 1 aliphatic heterocycles. The third-order valence-electron chi connectivity index (χ3n) is 6.39. The zero-order valence-corrected chi connectivity index (χ0v) is 23.9. The van der Waals surface area contributed by atoms with Crippen molar-refractivity contribution < 1.29 is 24.0 Å². The molecule has 0 radical (unpaired) electrons. The van der Waals surface area contributed by atoms with Crippen molar-refractivity contribution in [3.63, 3.8) is 0 Å². The topological polar surface area (TPSA) is 137 Å². The Balaban J connectivity index is 1.71. The average molecular weight is 624 g/mol. The Morgan fingerprint density at radius 3 is 2.75 bits per heavy atom. The number of phenols is 1. The van der Waals surface area contributed by atoms with Gasteiger partial charge >= 0.3 is 5.97 Å². The number of thiazole rings is 1. The summed E-state index contributed by atoms with van der Waals surface area (Å²) < 4.78 is 13.9. The molecule has 0 aliphatic carbocycles. The number of non-ortho nitro benzene ring substituents is 1. The smallest absolute Gasteiger partial charge is 0.338 e. The first kappa shape index (κ1) is 27.3. The molecule has 1 atom stereocenters. The predicted molar refractivity (Wildman–Crippen MR) is 152 cm³/mol. The molecule has 40 heavy (non-hydrogen) atoms. The number of nitrogens with zero attached hydrogens (tertiary/aromatic N) is 3. The Bertz CT molecular complexity index is 1900. The number of hydrogen-bond donors (Lipinski definition) is 1. The number of halogens is 1. The number of rotatable bonds is 6. The lowest BCUT2D eigenvalue weighted by Crippen LogP contribution is -2.39. The van der Waals surface area contributed by atoms with Gasteiger partial charge in [-0.3, -0.25) is 19.5 Å². The summed E-state index contributed by atoms with van der Waals surface area (Å²) in [5.41, 5.74) is 1.67. The molecule has 5 rings (SSSR count). The second-order valence-corrected chi connectivity index (χ2v) is 10.9. The molecule has 4 aromatic rings. The number of ether oxygens (including phenoxy) is 1. The number of furan rings is 1. The van der Waals surface area contributed by atoms with Crippen molar-refractivity contribution in [2.45, 2.75) is 26.8 Å². The van der Waals surface area contributed by atoms with Crippen LogP contribution in [0, 0.1) is 17.0 Å². The monoisotopic (exact) mass is 623 g/mol. The van der Waals surface area contributed by atoms with Crippen molar-refractivity contribution in [2.24, 2.45) is 4.99 Å². The molecule has 0 amide bonds. The van der Waals surface area contributed by atoms with E-state index in [1.807, 2.05) is 0 Å². The maximum atomic E-state index is 13.8. The maximum absolute atomic E-state index is 13.8. The number of phenolic OH excluding ortho intramolecular Hbond substituents is 1. The van der Waals surface area contributed by atoms with Crippen LogP contribution in [0.3, 0.4) is 0 Å². The zero-order valence-electron chi connectivity index (χ0n) is 21.5. The van der Waals surface area contributed by atoms with Crippen molar-refractivity contribution in [3.8, 4) is 17.1 Å². The van der Waals surface area contributed by atoms with Gasteiger partial charge in [-0.2, -0.15) is 0 Å². The first-order valence-corrected chi connectivity index (χ1v) is 13.7. The summed E-state index contributed by atoms with van der Waals surface area (Å²) >= 11 is 4.48. The fourth-order valence-corrected chi connectivity index (χ4v) is 5.89. The van der Waals surface area contributed by atoms with Crippen molar-refractivity contribution in [3.05, 3.63) is 111 Å². The molecular formula is C28H22BrN3O7S. The van der Waals surface area contributed by atoms with Crippen LogP contribution in [0.1, 0.15) is 36.8 Å². The van der Waals surface area contributed by atoms with Crippen LogP contribution in [0.2, 0.25) is 0 Å². The van der Waals surface area contributed by atoms with E-state index in [1.165, 1.54) is 22.8 Å². The molecule has 10 nitrogen and oxygen atoms in total. The first-order chi connectivity index (χ1) is 19.1. The van der Waals surface area contributed by atoms with Crippen molar-refractivity contribution in [2.75, 3.05) is 6.61 Å². The van der Waals surface area contributed by atoms with Crippen LogP contribution in [0.15, 0.2) is 78.5 Å². The number of nitro groups is 1. The highest BCUT2D eigenvalue weighted by atomic mass is 79.9. The van der Waals surface area contributed by atoms with Crippen LogP contribution in [0.25, 0.3) is 17.4 Å². The summed E-state index contributed by atoms with van der Waals surface area (Å²) in [4.78, 5) is 42.7. The molecule has 1 N–H and O–H groups in total. The third-order valence-corrected chi connectivity index (χ3v) is 7.86. The quantitative estimate of drug-likeness (QED) is 0.186. The van der Waals surface area contributed by atoms with Gasteiger partial charge in [-0.05, 0) is 62.7 Å². The highest BCUT2D eigenvalue weighted by Crippen LogP contribution is 2.36. The van der Waals surface area contributed by atoms with E-state index in [9.17, 15) is 24.8 Å². The Kier molecular flexibility index (Phi) is 7.30. The van der Waals surface area contributed by atoms with Crippen LogP contribution >= 0.6 is 27.3 Å². The second-order valence-electron chi connectivity index (χ2n) is 8.96. The molecule has 0 unspecified atom stereocenters. The molecule has 2 aromatic heterocycles. The summed E-state index contributed by atoms with van der Waals surface area (Å²) in [7, 11) is 0. The summed E-state index contributed by atoms with van der Waals surface area (Å²) in [5.74, 6) is -0.0411. The van der Waals surface area contributed by atoms with Gasteiger partial charge in [-0.25, -0.2) is 9.79 Å². The fourth-order valence-electron chi connectivity index (χ4n) is 4.48. The number of aryl methyl sites for hydroxylation is 1. The molecule has 0 bridgehead atoms. The van der Waals surface area contributed by atoms with Gasteiger partial charge in [0.15, 0.2) is 4.80 Å². The first-order valence-electron chi connectivity index (χ1n) is 12.1. The van der Waals surface area contributed by atoms with Crippen LogP contribution in [0.5, 0.6) is 5.75 Å². The van der Waals surface area contributed by atoms with Gasteiger partial charge in [0.05, 0.1) is 27.3 Å². The molecule has 204 valence electrons. The minimum absolute atomic E-state index is 0.00280. The Hall–Kier alpha value is -4.29. The molecule has 0 fully saturated rings. The van der Waals surface area contributed by atoms with Gasteiger partial charge in [0.25, 0.3) is 11.2 Å². The van der Waals surface area contributed by atoms with Crippen molar-refractivity contribution in [1.82, 2.24) is 4.57 Å². The summed E-state index contributed by atoms with van der Waals surface area (Å²) in [5, 5.41) is 21.7. The molecule has 1 aliphatic rings. The third kappa shape index (κ3) is 4.91. The number of fused-ring (bicyclic) bond motifs is 1. The lowest BCUT2D eigenvalue weighted by atomic mass is 10.0. The zero-order chi connectivity index (χ0) is 28.7. The van der Waals surface area contributed by atoms with Gasteiger partial charge < -0.3 is 14.3 Å². The van der Waals surface area contributed by atoms with E-state index in [-0.39, 0.29) is 33.9 Å². The highest BCUT2D eigenvalue weighted by Gasteiger charge is 2.35. The molecule has 0 saturated heterocycles. The second kappa shape index (κ2) is 10.7. The standard InChI is InChI=1S/C28H22BrN3O7S/c1-4-38-27(35)24-15(3)30-28-31(26(34)23(40-28)12-16-11-17(29)6-8-20(16)33)25(24)22-10-9-21(39-22)19-13-18(32(36)37)7-5-14(19)2/h5-13,25,33H,4H2,1-3H3/b23-12-/t25-/m0/s1. The van der Waals surface area contributed by atoms with Crippen molar-refractivity contribution >= 4 is 45.0 Å². The minimum atomic E-state index is -0.999. The number of aromatic hydroxyl groups is 1. The van der Waals surface area contributed by atoms with Crippen LogP contribution in [-0.4, -0.2) is 27.2 Å². The average Bonchev–Trinajstić information content (AvgIpc) is 3.50. The predicted octanol–water partition coefficient (Wildman–Crippen LogP) is 4.74. The summed E-state index contributed by atoms with van der Waals surface area (Å²) in [6, 6.07) is 11.6. The van der Waals surface area contributed by atoms with Gasteiger partial charge in [-0.15, -0.1) is 0 Å². The number of benzene rings is 2. The molecule has 2 aromatic carbocycles. The Morgan fingerprint density at radius 1 is 1.25 bits per heavy atom. The van der Waals surface area contributed by atoms with Gasteiger partial charge in [0.2, 0.25) is 0 Å². The van der Waals surface area contributed by atoms with Gasteiger partial charge in [0, 0.05) is 27.7 Å². The number of carbonyl (C=O) groups is 1. The lowest BCUT2D eigenvalue weighted by molar-refractivity contribution is -0.384. The van der Waals surface area contributed by atoms with E-state index in [4.69, 9.17) is 9.15 Å². The molecule has 0 spiro atoms. The van der Waals surface area contributed by atoms with E-state index in [1.54, 1.807) is 57.2 Å². The lowest BCUT2D eigenvalue weighted by Gasteiger charge is -2.22. The van der Waals surface area contributed by atoms with E-state index in [0.29, 0.717) is 27.4 Å². The van der Waals surface area contributed by atoms with E-state index in [2.05, 4.69) is 20.9 Å². The van der Waals surface area contributed by atoms with Gasteiger partial charge in [-0.1, -0.05) is 33.3 Å². The fraction of sp³-hybridized carbons (Fsp3) is 0.179. The van der Waals surface area contributed by atoms with Crippen LogP contribution in [-0.2, 0) is 9.53 Å². The normalized spacial score (nSPS) is 15.1. The number of carbonyl (C=O) groups excluding carboxylic acids is 1. The Labute approximate surface area is 239 Å². The number of aromatic nitrogens is 1. The van der Waals surface area contributed by atoms with Crippen LogP contribution < -0.4 is 14.9 Å². The maximum Gasteiger partial charge on any atom is 0.338 e. The molecule has 0 saturated carbocycles. The number of esters is 1. The van der Waals surface area contributed by atoms with E-state index in [0.717, 1.165) is 21.4 Å². The highest BCUT2D eigenvalue weighted by molar-refractivity contribution is 9.10. The molecule has 3 heterocycles. The summed E-state index contributed by atoms with van der Waals surface area (Å²) in [6.07, 6.45) is 1.56. The number of allylic oxidation sites excluding steroid dienone is 1. The minimum Gasteiger partial charge on any atom is -0.507 e. The van der Waals surface area contributed by atoms with E-state index >= 15 is 0 Å². The largest absolute Gasteiger partial charge is 0.507 e. The molecule has 12 heteroatoms. The van der Waals surface area contributed by atoms with Crippen molar-refractivity contribution in [1.29, 1.82) is 0 Å². The van der Waals surface area contributed by atoms with Gasteiger partial charge in [0.1, 0.15) is 23.3 Å².